The van der Waals surface area contributed by atoms with Gasteiger partial charge in [-0.15, -0.1) is 34.0 Å². The molecule has 28 nitrogen and oxygen atoms in total. The third-order valence-electron chi connectivity index (χ3n) is 20.1. The summed E-state index contributed by atoms with van der Waals surface area (Å²) in [6.07, 6.45) is -11.3. The van der Waals surface area contributed by atoms with Gasteiger partial charge in [0.15, 0.2) is 11.6 Å². The number of rotatable bonds is 20. The Morgan fingerprint density at radius 3 is 1.19 bits per heavy atom. The number of aliphatic hydroxyl groups is 4. The summed E-state index contributed by atoms with van der Waals surface area (Å²) < 4.78 is 147. The molecule has 10 N–H and O–H groups in total. The number of hydrogen-bond donors (Lipinski definition) is 10. The number of carbonyl (C=O) groups is 1. The number of benzene rings is 3. The molecule has 5 fully saturated rings. The van der Waals surface area contributed by atoms with E-state index in [2.05, 4.69) is 76.8 Å². The summed E-state index contributed by atoms with van der Waals surface area (Å²) in [5, 5.41) is 62.3. The second-order valence-electron chi connectivity index (χ2n) is 29.3. The lowest BCUT2D eigenvalue weighted by Gasteiger charge is -2.26. The first-order valence-corrected chi connectivity index (χ1v) is 38.7. The van der Waals surface area contributed by atoms with Crippen molar-refractivity contribution >= 4 is 106 Å². The summed E-state index contributed by atoms with van der Waals surface area (Å²) in [6, 6.07) is 21.2. The van der Waals surface area contributed by atoms with E-state index in [1.165, 1.54) is 40.2 Å². The number of anilines is 6. The molecule has 2 aliphatic heterocycles. The van der Waals surface area contributed by atoms with Crippen LogP contribution >= 0.6 is 34.0 Å². The summed E-state index contributed by atoms with van der Waals surface area (Å²) in [5.41, 5.74) is 5.30. The number of aliphatic hydroxyl groups excluding tert-OH is 4. The number of para-hydroxylation sites is 3. The maximum atomic E-state index is 13.0. The minimum Gasteiger partial charge on any atom is -0.390 e. The van der Waals surface area contributed by atoms with Gasteiger partial charge in [0.1, 0.15) is 101 Å². The lowest BCUT2D eigenvalue weighted by atomic mass is 9.97. The van der Waals surface area contributed by atoms with Gasteiger partial charge >= 0.3 is 18.5 Å². The molecule has 0 amide bonds. The van der Waals surface area contributed by atoms with Gasteiger partial charge < -0.3 is 85.2 Å². The molecule has 3 aliphatic carbocycles. The van der Waals surface area contributed by atoms with Crippen LogP contribution in [0.1, 0.15) is 87.9 Å². The SMILES string of the molecule is Cc1nc(NCC(F)(F)F)nc(N[C@@H]2C[C@H](C(O)c3nccn3C)[C@@H](O)[C@H]2O)c1-c1nc2ccccc2s1.Cc1nc(NCC(F)(F)F)nc(N[C@@H]2C[C@H](C(O)c3nccn3C)[C@H]3OC(C)(C)O[C@H]32)c1-c1nc2ccccc2s1.Cc1nc(NCC(F)(F)F)nc(N[C@@H]2C[C@H](C=O)[C@H]3OC(C)(C)O[C@H]32)c1-c1nc2ccccc2s1. The van der Waals surface area contributed by atoms with Crippen molar-refractivity contribution in [3.05, 3.63) is 126 Å². The van der Waals surface area contributed by atoms with E-state index in [0.29, 0.717) is 84.9 Å². The van der Waals surface area contributed by atoms with Crippen LogP contribution in [0.2, 0.25) is 0 Å². The van der Waals surface area contributed by atoms with Crippen LogP contribution < -0.4 is 31.9 Å². The van der Waals surface area contributed by atoms with Crippen LogP contribution in [0.15, 0.2) is 97.6 Å². The van der Waals surface area contributed by atoms with Gasteiger partial charge in [-0.25, -0.2) is 39.9 Å². The van der Waals surface area contributed by atoms with Crippen LogP contribution in [0.3, 0.4) is 0 Å². The molecule has 16 rings (SSSR count). The third-order valence-corrected chi connectivity index (χ3v) is 23.2. The van der Waals surface area contributed by atoms with Crippen molar-refractivity contribution < 1.29 is 83.7 Å². The Hall–Kier alpha value is -9.49. The van der Waals surface area contributed by atoms with Crippen molar-refractivity contribution in [2.24, 2.45) is 31.8 Å². The Morgan fingerprint density at radius 1 is 0.482 bits per heavy atom. The lowest BCUT2D eigenvalue weighted by Crippen LogP contribution is -2.36. The van der Waals surface area contributed by atoms with E-state index in [9.17, 15) is 64.7 Å². The fourth-order valence-electron chi connectivity index (χ4n) is 15.0. The Morgan fingerprint density at radius 2 is 0.825 bits per heavy atom. The second-order valence-corrected chi connectivity index (χ2v) is 32.4. The summed E-state index contributed by atoms with van der Waals surface area (Å²) in [5.74, 6) is -2.14. The number of hydrogen-bond acceptors (Lipinski definition) is 29. The summed E-state index contributed by atoms with van der Waals surface area (Å²) in [4.78, 5) is 60.3. The average Bonchev–Trinajstić information content (AvgIpc) is 1.42. The van der Waals surface area contributed by atoms with Gasteiger partial charge in [0.2, 0.25) is 17.8 Å². The summed E-state index contributed by atoms with van der Waals surface area (Å²) in [7, 11) is 3.52. The van der Waals surface area contributed by atoms with Gasteiger partial charge in [-0.3, -0.25) is 0 Å². The fraction of sp³-hybridized carbons (Fsp3) is 0.459. The number of nitrogens with one attached hydrogen (secondary N) is 6. The molecule has 5 aliphatic rings. The van der Waals surface area contributed by atoms with E-state index in [1.807, 2.05) is 93.7 Å². The highest BCUT2D eigenvalue weighted by Gasteiger charge is 2.58. The smallest absolute Gasteiger partial charge is 0.390 e. The highest BCUT2D eigenvalue weighted by atomic mass is 32.1. The first-order valence-electron chi connectivity index (χ1n) is 36.2. The molecule has 14 atom stereocenters. The molecular formula is C74H80F9N19O9S3. The first-order chi connectivity index (χ1) is 53.9. The Bertz CT molecular complexity index is 5200. The van der Waals surface area contributed by atoms with Crippen LogP contribution in [-0.2, 0) is 37.8 Å². The van der Waals surface area contributed by atoms with Gasteiger partial charge in [-0.1, -0.05) is 36.4 Å². The third kappa shape index (κ3) is 17.8. The average molecular weight is 1650 g/mol. The number of fused-ring (bicyclic) bond motifs is 5. The van der Waals surface area contributed by atoms with Gasteiger partial charge in [0.25, 0.3) is 0 Å². The van der Waals surface area contributed by atoms with Gasteiger partial charge in [-0.05, 0) is 104 Å². The molecule has 10 heterocycles. The topological polar surface area (TPSA) is 359 Å². The van der Waals surface area contributed by atoms with Crippen molar-refractivity contribution in [3.63, 3.8) is 0 Å². The monoisotopic (exact) mass is 1650 g/mol. The molecule has 114 heavy (non-hydrogen) atoms. The van der Waals surface area contributed by atoms with Gasteiger partial charge in [-0.2, -0.15) is 54.5 Å². The van der Waals surface area contributed by atoms with E-state index in [4.69, 9.17) is 28.9 Å². The number of carbonyl (C=O) groups excluding carboxylic acids is 1. The standard InChI is InChI=1S/C27H30F3N7O3S.C24H26F3N7O3S.C23H24F3N5O3S/c1-13-18(24-35-15-7-5-6-8-17(15)41-24)22(36-25(33-13)32-12-27(28,29)30)34-16-11-14(19(38)23-31-9-10-37(23)4)20-21(16)40-26(2,3)39-20;1-11-16(22-32-13-5-3-4-6-15(13)38-22)20(33-23(30-11)29-10-24(25,26)27)31-14-9-12(17(35)19(14)37)18(36)21-28-7-8-34(21)2;1-11-16(20-30-13-6-4-5-7-15(13)35-20)19(31-21(28-11)27-10-23(24,25)26)29-14-8-12(9-32)17-18(14)34-22(2,3)33-17/h5-10,14,16,19-21,38H,11-12H2,1-4H3,(H2,32,33,34,36);3-8,12,14,17-19,35-37H,9-10H2,1-2H3,(H2,29,30,31,33);4-7,9,12,14,17-18H,8,10H2,1-3H3,(H2,27,28,29,31)/t14-,16-,19?,20-,21+;12-,14+,17+,18?,19-;12-,14-,17-,18+/m101/s1. The zero-order chi connectivity index (χ0) is 81.3. The minimum absolute atomic E-state index is 0.143. The molecule has 2 unspecified atom stereocenters. The molecule has 3 aromatic carbocycles. The molecule has 606 valence electrons. The quantitative estimate of drug-likeness (QED) is 0.0250. The first kappa shape index (κ1) is 81.1. The predicted molar refractivity (Wildman–Crippen MR) is 408 cm³/mol. The number of aryl methyl sites for hydroxylation is 5. The molecule has 8 aromatic heterocycles. The molecule has 11 aromatic rings. The number of thiazole rings is 3. The zero-order valence-corrected chi connectivity index (χ0v) is 64.9. The molecule has 40 heteroatoms. The highest BCUT2D eigenvalue weighted by molar-refractivity contribution is 7.22. The number of nitrogens with zero attached hydrogens (tertiary/aromatic N) is 13. The normalized spacial score (nSPS) is 24.2. The van der Waals surface area contributed by atoms with Crippen LogP contribution in [-0.4, -0.2) is 195 Å². The number of ether oxygens (including phenoxy) is 4. The Labute approximate surface area is 656 Å². The van der Waals surface area contributed by atoms with Crippen molar-refractivity contribution in [1.29, 1.82) is 0 Å². The molecular weight excluding hydrogens is 1570 g/mol. The number of imidazole rings is 2. The van der Waals surface area contributed by atoms with Crippen LogP contribution in [0.25, 0.3) is 62.4 Å². The molecule has 0 bridgehead atoms. The lowest BCUT2D eigenvalue weighted by molar-refractivity contribution is -0.162. The van der Waals surface area contributed by atoms with Gasteiger partial charge in [0.05, 0.1) is 101 Å². The number of alkyl halides is 9. The van der Waals surface area contributed by atoms with E-state index in [0.717, 1.165) is 36.9 Å². The molecule has 2 saturated heterocycles. The predicted octanol–water partition coefficient (Wildman–Crippen LogP) is 12.4. The van der Waals surface area contributed by atoms with Gasteiger partial charge in [0, 0.05) is 56.6 Å². The second kappa shape index (κ2) is 32.0. The number of aromatic nitrogens is 13. The highest BCUT2D eigenvalue weighted by Crippen LogP contribution is 2.50. The molecule has 0 spiro atoms. The molecule has 3 saturated carbocycles. The number of aldehydes is 1. The number of halogens is 9. The fourth-order valence-corrected chi connectivity index (χ4v) is 18.2. The van der Waals surface area contributed by atoms with E-state index >= 15 is 0 Å². The van der Waals surface area contributed by atoms with Crippen LogP contribution in [0.5, 0.6) is 0 Å². The van der Waals surface area contributed by atoms with Crippen LogP contribution in [0, 0.1) is 38.5 Å². The van der Waals surface area contributed by atoms with E-state index in [1.54, 1.807) is 69.4 Å². The van der Waals surface area contributed by atoms with Crippen molar-refractivity contribution in [2.75, 3.05) is 51.5 Å². The maximum Gasteiger partial charge on any atom is 0.405 e. The van der Waals surface area contributed by atoms with E-state index < -0.39 is 111 Å². The molecule has 0 radical (unpaired) electrons. The van der Waals surface area contributed by atoms with Crippen LogP contribution in [0.4, 0.5) is 74.8 Å². The Balaban J connectivity index is 0.000000142. The largest absolute Gasteiger partial charge is 0.405 e. The van der Waals surface area contributed by atoms with Crippen molar-refractivity contribution in [1.82, 2.24) is 64.0 Å². The minimum atomic E-state index is -4.48. The van der Waals surface area contributed by atoms with E-state index in [-0.39, 0.29) is 54.0 Å². The van der Waals surface area contributed by atoms with Crippen molar-refractivity contribution in [3.8, 4) is 31.7 Å². The van der Waals surface area contributed by atoms with Crippen molar-refractivity contribution in [2.45, 2.75) is 165 Å². The summed E-state index contributed by atoms with van der Waals surface area (Å²) in [6.45, 7) is 8.39. The maximum absolute atomic E-state index is 13.0. The Kier molecular flexibility index (Phi) is 22.7. The zero-order valence-electron chi connectivity index (χ0n) is 62.4. The summed E-state index contributed by atoms with van der Waals surface area (Å²) >= 11 is 4.26.